The number of nitrogens with one attached hydrogen (secondary N) is 1. The molecule has 2 aromatic rings. The molecule has 2 rings (SSSR count). The number of fused-ring (bicyclic) bond motifs is 1. The van der Waals surface area contributed by atoms with E-state index in [-0.39, 0.29) is 0 Å². The first-order chi connectivity index (χ1) is 8.63. The van der Waals surface area contributed by atoms with Gasteiger partial charge in [0.1, 0.15) is 0 Å². The molecule has 0 aliphatic carbocycles. The van der Waals surface area contributed by atoms with Gasteiger partial charge in [0.2, 0.25) is 0 Å². The SMILES string of the molecule is CC.CCCC(=N)c1ccc2c(c1)cc(C)n2C. The van der Waals surface area contributed by atoms with Crippen LogP contribution in [0.5, 0.6) is 0 Å². The molecular weight excluding hydrogens is 220 g/mol. The van der Waals surface area contributed by atoms with Crippen LogP contribution in [0.2, 0.25) is 0 Å². The van der Waals surface area contributed by atoms with Gasteiger partial charge >= 0.3 is 0 Å². The molecule has 0 amide bonds. The lowest BCUT2D eigenvalue weighted by atomic mass is 10.0. The third-order valence-corrected chi connectivity index (χ3v) is 3.13. The first-order valence-corrected chi connectivity index (χ1v) is 6.77. The second-order valence-corrected chi connectivity index (χ2v) is 4.35. The van der Waals surface area contributed by atoms with E-state index in [1.165, 1.54) is 16.6 Å². The molecule has 2 heteroatoms. The number of nitrogens with zero attached hydrogens (tertiary/aromatic N) is 1. The topological polar surface area (TPSA) is 28.8 Å². The normalized spacial score (nSPS) is 10.1. The maximum Gasteiger partial charge on any atom is 0.0480 e. The highest BCUT2D eigenvalue weighted by molar-refractivity contribution is 6.01. The van der Waals surface area contributed by atoms with Gasteiger partial charge in [-0.05, 0) is 37.1 Å². The van der Waals surface area contributed by atoms with Crippen molar-refractivity contribution in [3.63, 3.8) is 0 Å². The van der Waals surface area contributed by atoms with E-state index in [2.05, 4.69) is 49.7 Å². The second kappa shape index (κ2) is 6.39. The van der Waals surface area contributed by atoms with Crippen molar-refractivity contribution in [2.45, 2.75) is 40.5 Å². The molecule has 0 spiro atoms. The number of aromatic nitrogens is 1. The maximum absolute atomic E-state index is 7.96. The van der Waals surface area contributed by atoms with Gasteiger partial charge in [0.25, 0.3) is 0 Å². The summed E-state index contributed by atoms with van der Waals surface area (Å²) in [6.45, 7) is 8.22. The number of hydrogen-bond acceptors (Lipinski definition) is 1. The van der Waals surface area contributed by atoms with Crippen molar-refractivity contribution in [1.29, 1.82) is 5.41 Å². The molecule has 0 radical (unpaired) electrons. The molecule has 1 aromatic carbocycles. The number of aryl methyl sites for hydroxylation is 2. The average molecular weight is 244 g/mol. The van der Waals surface area contributed by atoms with Gasteiger partial charge in [-0.25, -0.2) is 0 Å². The molecule has 0 aliphatic heterocycles. The lowest BCUT2D eigenvalue weighted by Gasteiger charge is -2.03. The number of benzene rings is 1. The smallest absolute Gasteiger partial charge is 0.0480 e. The monoisotopic (exact) mass is 244 g/mol. The highest BCUT2D eigenvalue weighted by Gasteiger charge is 2.05. The highest BCUT2D eigenvalue weighted by atomic mass is 14.9. The Balaban J connectivity index is 0.000000771. The van der Waals surface area contributed by atoms with Gasteiger partial charge in [-0.2, -0.15) is 0 Å². The van der Waals surface area contributed by atoms with E-state index >= 15 is 0 Å². The van der Waals surface area contributed by atoms with Crippen LogP contribution in [0.3, 0.4) is 0 Å². The Hall–Kier alpha value is -1.57. The van der Waals surface area contributed by atoms with Gasteiger partial charge in [0, 0.05) is 29.4 Å². The Kier molecular flexibility index (Phi) is 5.14. The van der Waals surface area contributed by atoms with Crippen LogP contribution < -0.4 is 0 Å². The van der Waals surface area contributed by atoms with Crippen LogP contribution in [0.4, 0.5) is 0 Å². The van der Waals surface area contributed by atoms with Gasteiger partial charge < -0.3 is 9.98 Å². The minimum Gasteiger partial charge on any atom is -0.348 e. The summed E-state index contributed by atoms with van der Waals surface area (Å²) in [6, 6.07) is 8.47. The van der Waals surface area contributed by atoms with Crippen LogP contribution in [0.25, 0.3) is 10.9 Å². The summed E-state index contributed by atoms with van der Waals surface area (Å²) in [4.78, 5) is 0. The van der Waals surface area contributed by atoms with Gasteiger partial charge in [-0.3, -0.25) is 0 Å². The van der Waals surface area contributed by atoms with E-state index in [0.29, 0.717) is 0 Å². The fourth-order valence-electron chi connectivity index (χ4n) is 2.07. The Labute approximate surface area is 110 Å². The molecule has 0 saturated carbocycles. The van der Waals surface area contributed by atoms with E-state index in [0.717, 1.165) is 24.1 Å². The van der Waals surface area contributed by atoms with Crippen LogP contribution in [-0.4, -0.2) is 10.3 Å². The third-order valence-electron chi connectivity index (χ3n) is 3.13. The van der Waals surface area contributed by atoms with Gasteiger partial charge in [-0.1, -0.05) is 33.3 Å². The van der Waals surface area contributed by atoms with Crippen LogP contribution in [0.1, 0.15) is 44.9 Å². The van der Waals surface area contributed by atoms with Gasteiger partial charge in [0.15, 0.2) is 0 Å². The molecule has 1 N–H and O–H groups in total. The molecule has 0 bridgehead atoms. The first kappa shape index (κ1) is 14.5. The van der Waals surface area contributed by atoms with E-state index in [1.54, 1.807) is 0 Å². The summed E-state index contributed by atoms with van der Waals surface area (Å²) in [5, 5.41) is 9.19. The van der Waals surface area contributed by atoms with Crippen molar-refractivity contribution in [2.24, 2.45) is 7.05 Å². The van der Waals surface area contributed by atoms with Crippen molar-refractivity contribution in [3.05, 3.63) is 35.5 Å². The Morgan fingerprint density at radius 2 is 1.89 bits per heavy atom. The van der Waals surface area contributed by atoms with Crippen LogP contribution in [0, 0.1) is 12.3 Å². The van der Waals surface area contributed by atoms with Crippen LogP contribution in [0.15, 0.2) is 24.3 Å². The predicted octanol–water partition coefficient (Wildman–Crippen LogP) is 4.68. The van der Waals surface area contributed by atoms with E-state index in [4.69, 9.17) is 5.41 Å². The summed E-state index contributed by atoms with van der Waals surface area (Å²) in [6.07, 6.45) is 1.89. The zero-order chi connectivity index (χ0) is 13.7. The molecule has 1 aromatic heterocycles. The minimum atomic E-state index is 0.742. The van der Waals surface area contributed by atoms with Crippen molar-refractivity contribution in [1.82, 2.24) is 4.57 Å². The summed E-state index contributed by atoms with van der Waals surface area (Å²) < 4.78 is 2.18. The summed E-state index contributed by atoms with van der Waals surface area (Å²) in [5.74, 6) is 0. The lowest BCUT2D eigenvalue weighted by Crippen LogP contribution is -1.97. The maximum atomic E-state index is 7.96. The van der Waals surface area contributed by atoms with Gasteiger partial charge in [-0.15, -0.1) is 0 Å². The minimum absolute atomic E-state index is 0.742. The zero-order valence-electron chi connectivity index (χ0n) is 12.2. The molecule has 18 heavy (non-hydrogen) atoms. The van der Waals surface area contributed by atoms with Crippen molar-refractivity contribution in [3.8, 4) is 0 Å². The quantitative estimate of drug-likeness (QED) is 0.759. The van der Waals surface area contributed by atoms with Crippen molar-refractivity contribution in [2.75, 3.05) is 0 Å². The first-order valence-electron chi connectivity index (χ1n) is 6.77. The Bertz CT molecular complexity index is 535. The molecule has 1 heterocycles. The standard InChI is InChI=1S/C14H18N2.C2H6/c1-4-5-13(15)11-6-7-14-12(9-11)8-10(2)16(14)3;1-2/h6-9,15H,4-5H2,1-3H3;1-2H3. The molecule has 0 fully saturated rings. The molecule has 98 valence electrons. The second-order valence-electron chi connectivity index (χ2n) is 4.35. The van der Waals surface area contributed by atoms with Crippen molar-refractivity contribution >= 4 is 16.6 Å². The number of hydrogen-bond donors (Lipinski definition) is 1. The summed E-state index contributed by atoms with van der Waals surface area (Å²) in [7, 11) is 2.08. The molecular formula is C16H24N2. The largest absolute Gasteiger partial charge is 0.348 e. The summed E-state index contributed by atoms with van der Waals surface area (Å²) in [5.41, 5.74) is 4.30. The third kappa shape index (κ3) is 2.81. The highest BCUT2D eigenvalue weighted by Crippen LogP contribution is 2.20. The summed E-state index contributed by atoms with van der Waals surface area (Å²) >= 11 is 0. The van der Waals surface area contributed by atoms with E-state index in [9.17, 15) is 0 Å². The molecule has 0 aliphatic rings. The molecule has 0 unspecified atom stereocenters. The Morgan fingerprint density at radius 1 is 1.22 bits per heavy atom. The molecule has 0 atom stereocenters. The fourth-order valence-corrected chi connectivity index (χ4v) is 2.07. The van der Waals surface area contributed by atoms with E-state index in [1.807, 2.05) is 13.8 Å². The Morgan fingerprint density at radius 3 is 2.50 bits per heavy atom. The zero-order valence-corrected chi connectivity index (χ0v) is 12.2. The predicted molar refractivity (Wildman–Crippen MR) is 80.7 cm³/mol. The fraction of sp³-hybridized carbons (Fsp3) is 0.438. The lowest BCUT2D eigenvalue weighted by molar-refractivity contribution is 0.918. The van der Waals surface area contributed by atoms with Crippen LogP contribution in [-0.2, 0) is 7.05 Å². The molecule has 2 nitrogen and oxygen atoms in total. The molecule has 0 saturated heterocycles. The average Bonchev–Trinajstić information content (AvgIpc) is 2.67. The van der Waals surface area contributed by atoms with Crippen LogP contribution >= 0.6 is 0 Å². The van der Waals surface area contributed by atoms with Gasteiger partial charge in [0.05, 0.1) is 0 Å². The number of rotatable bonds is 3. The van der Waals surface area contributed by atoms with Crippen molar-refractivity contribution < 1.29 is 0 Å². The van der Waals surface area contributed by atoms with E-state index < -0.39 is 0 Å².